The molecule has 0 saturated heterocycles. The number of benzene rings is 1. The maximum atomic E-state index is 5.93. The molecule has 0 bridgehead atoms. The number of rotatable bonds is 10. The molecule has 3 N–H and O–H groups in total. The minimum absolute atomic E-state index is 0. The normalized spacial score (nSPS) is 11.9. The number of ether oxygens (including phenoxy) is 1. The van der Waals surface area contributed by atoms with Crippen LogP contribution in [-0.2, 0) is 0 Å². The molecule has 7 heteroatoms. The summed E-state index contributed by atoms with van der Waals surface area (Å²) in [5, 5.41) is 9.96. The van der Waals surface area contributed by atoms with Gasteiger partial charge in [0.15, 0.2) is 5.96 Å². The fraction of sp³-hybridized carbons (Fsp3) is 0.429. The van der Waals surface area contributed by atoms with Gasteiger partial charge in [0.2, 0.25) is 0 Å². The molecule has 0 aliphatic rings. The lowest BCUT2D eigenvalue weighted by Gasteiger charge is -2.18. The Morgan fingerprint density at radius 2 is 1.93 bits per heavy atom. The van der Waals surface area contributed by atoms with E-state index in [2.05, 4.69) is 38.9 Å². The van der Waals surface area contributed by atoms with Gasteiger partial charge >= 0.3 is 0 Å². The third kappa shape index (κ3) is 9.77. The molecular formula is C21H32IN5O. The van der Waals surface area contributed by atoms with Crippen molar-refractivity contribution in [1.29, 1.82) is 0 Å². The summed E-state index contributed by atoms with van der Waals surface area (Å²) < 4.78 is 5.93. The Morgan fingerprint density at radius 1 is 1.11 bits per heavy atom. The van der Waals surface area contributed by atoms with Gasteiger partial charge in [0.25, 0.3) is 0 Å². The molecule has 1 heterocycles. The Bertz CT molecular complexity index is 696. The summed E-state index contributed by atoms with van der Waals surface area (Å²) in [6.07, 6.45) is 3.96. The van der Waals surface area contributed by atoms with Crippen molar-refractivity contribution in [2.24, 2.45) is 4.99 Å². The van der Waals surface area contributed by atoms with Gasteiger partial charge in [0.05, 0.1) is 6.54 Å². The molecule has 2 rings (SSSR count). The van der Waals surface area contributed by atoms with E-state index in [9.17, 15) is 0 Å². The van der Waals surface area contributed by atoms with Gasteiger partial charge in [-0.1, -0.05) is 18.2 Å². The molecule has 0 fully saturated rings. The van der Waals surface area contributed by atoms with Gasteiger partial charge < -0.3 is 20.7 Å². The van der Waals surface area contributed by atoms with Crippen LogP contribution in [0.15, 0.2) is 53.7 Å². The van der Waals surface area contributed by atoms with E-state index in [1.807, 2.05) is 43.3 Å². The number of nitrogens with zero attached hydrogens (tertiary/aromatic N) is 2. The highest BCUT2D eigenvalue weighted by Crippen LogP contribution is 2.13. The third-order valence-electron chi connectivity index (χ3n) is 3.97. The predicted octanol–water partition coefficient (Wildman–Crippen LogP) is 3.83. The average Bonchev–Trinajstić information content (AvgIpc) is 2.67. The van der Waals surface area contributed by atoms with Gasteiger partial charge in [-0.3, -0.25) is 4.99 Å². The average molecular weight is 497 g/mol. The molecule has 0 spiro atoms. The number of aryl methyl sites for hydroxylation is 1. The first-order valence-electron chi connectivity index (χ1n) is 9.50. The van der Waals surface area contributed by atoms with E-state index in [1.165, 1.54) is 5.56 Å². The Labute approximate surface area is 185 Å². The zero-order valence-corrected chi connectivity index (χ0v) is 19.3. The molecule has 0 aliphatic heterocycles. The molecule has 0 aliphatic carbocycles. The van der Waals surface area contributed by atoms with Gasteiger partial charge in [-0.15, -0.1) is 24.0 Å². The first-order valence-corrected chi connectivity index (χ1v) is 9.50. The fourth-order valence-electron chi connectivity index (χ4n) is 2.56. The van der Waals surface area contributed by atoms with Crippen molar-refractivity contribution in [2.45, 2.75) is 32.8 Å². The molecule has 154 valence electrons. The second-order valence-electron chi connectivity index (χ2n) is 6.47. The maximum absolute atomic E-state index is 5.93. The summed E-state index contributed by atoms with van der Waals surface area (Å²) >= 11 is 0. The quantitative estimate of drug-likeness (QED) is 0.202. The Kier molecular flexibility index (Phi) is 12.0. The number of nitrogens with one attached hydrogen (secondary N) is 3. The predicted molar refractivity (Wildman–Crippen MR) is 128 cm³/mol. The van der Waals surface area contributed by atoms with Crippen molar-refractivity contribution in [3.8, 4) is 5.75 Å². The van der Waals surface area contributed by atoms with Gasteiger partial charge in [0, 0.05) is 26.3 Å². The number of pyridine rings is 1. The van der Waals surface area contributed by atoms with E-state index < -0.39 is 0 Å². The molecule has 0 saturated carbocycles. The van der Waals surface area contributed by atoms with Crippen molar-refractivity contribution >= 4 is 35.8 Å². The van der Waals surface area contributed by atoms with Crippen LogP contribution in [0.5, 0.6) is 5.75 Å². The number of aliphatic imine (C=N–C) groups is 1. The smallest absolute Gasteiger partial charge is 0.191 e. The molecule has 1 unspecified atom stereocenters. The summed E-state index contributed by atoms with van der Waals surface area (Å²) in [5.74, 6) is 2.62. The molecule has 0 radical (unpaired) electrons. The van der Waals surface area contributed by atoms with Crippen molar-refractivity contribution in [3.63, 3.8) is 0 Å². The summed E-state index contributed by atoms with van der Waals surface area (Å²) in [5.41, 5.74) is 1.20. The van der Waals surface area contributed by atoms with Crippen molar-refractivity contribution in [2.75, 3.05) is 32.0 Å². The van der Waals surface area contributed by atoms with Crippen LogP contribution >= 0.6 is 24.0 Å². The first kappa shape index (κ1) is 24.0. The number of guanidine groups is 1. The van der Waals surface area contributed by atoms with Crippen LogP contribution in [0, 0.1) is 6.92 Å². The zero-order valence-electron chi connectivity index (χ0n) is 16.9. The Hall–Kier alpha value is -2.03. The summed E-state index contributed by atoms with van der Waals surface area (Å²) in [6.45, 7) is 6.58. The van der Waals surface area contributed by atoms with Crippen LogP contribution in [-0.4, -0.2) is 43.7 Å². The Morgan fingerprint density at radius 3 is 2.64 bits per heavy atom. The molecular weight excluding hydrogens is 465 g/mol. The number of anilines is 1. The monoisotopic (exact) mass is 497 g/mol. The lowest BCUT2D eigenvalue weighted by Crippen LogP contribution is -2.42. The molecule has 28 heavy (non-hydrogen) atoms. The largest absolute Gasteiger partial charge is 0.489 e. The number of halogens is 1. The van der Waals surface area contributed by atoms with Crippen LogP contribution in [0.3, 0.4) is 0 Å². The highest BCUT2D eigenvalue weighted by atomic mass is 127. The Balaban J connectivity index is 0.00000392. The molecule has 6 nitrogen and oxygen atoms in total. The van der Waals surface area contributed by atoms with E-state index in [4.69, 9.17) is 4.74 Å². The van der Waals surface area contributed by atoms with E-state index in [0.29, 0.717) is 6.54 Å². The number of aromatic nitrogens is 1. The van der Waals surface area contributed by atoms with Crippen LogP contribution in [0.1, 0.15) is 25.3 Å². The van der Waals surface area contributed by atoms with Crippen LogP contribution < -0.4 is 20.7 Å². The van der Waals surface area contributed by atoms with E-state index in [1.54, 1.807) is 13.2 Å². The molecule has 0 amide bonds. The summed E-state index contributed by atoms with van der Waals surface area (Å²) in [6, 6.07) is 14.0. The maximum Gasteiger partial charge on any atom is 0.191 e. The second-order valence-corrected chi connectivity index (χ2v) is 6.47. The van der Waals surface area contributed by atoms with Gasteiger partial charge in [0.1, 0.15) is 17.7 Å². The SMILES string of the molecule is CN=C(NCCCCNc1ccccn1)NCC(C)Oc1cccc(C)c1.I. The molecule has 1 aromatic carbocycles. The summed E-state index contributed by atoms with van der Waals surface area (Å²) in [7, 11) is 1.78. The minimum atomic E-state index is 0. The van der Waals surface area contributed by atoms with Crippen LogP contribution in [0.2, 0.25) is 0 Å². The number of hydrogen-bond donors (Lipinski definition) is 3. The molecule has 1 atom stereocenters. The van der Waals surface area contributed by atoms with Crippen molar-refractivity contribution in [1.82, 2.24) is 15.6 Å². The molecule has 1 aromatic heterocycles. The highest BCUT2D eigenvalue weighted by molar-refractivity contribution is 14.0. The zero-order chi connectivity index (χ0) is 19.3. The lowest BCUT2D eigenvalue weighted by molar-refractivity contribution is 0.223. The van der Waals surface area contributed by atoms with E-state index >= 15 is 0 Å². The van der Waals surface area contributed by atoms with Crippen LogP contribution in [0.25, 0.3) is 0 Å². The second kappa shape index (κ2) is 14.0. The first-order chi connectivity index (χ1) is 13.2. The topological polar surface area (TPSA) is 70.6 Å². The van der Waals surface area contributed by atoms with Gasteiger partial charge in [-0.05, 0) is 56.5 Å². The van der Waals surface area contributed by atoms with Gasteiger partial charge in [-0.2, -0.15) is 0 Å². The standard InChI is InChI=1S/C21H31N5O.HI/c1-17-9-8-10-19(15-17)27-18(2)16-26-21(22-3)25-14-7-6-13-24-20-11-4-5-12-23-20;/h4-5,8-12,15,18H,6-7,13-14,16H2,1-3H3,(H,23,24)(H2,22,25,26);1H. The molecule has 2 aromatic rings. The fourth-order valence-corrected chi connectivity index (χ4v) is 2.56. The minimum Gasteiger partial charge on any atom is -0.489 e. The van der Waals surface area contributed by atoms with Crippen molar-refractivity contribution < 1.29 is 4.74 Å². The highest BCUT2D eigenvalue weighted by Gasteiger charge is 2.05. The number of hydrogen-bond acceptors (Lipinski definition) is 4. The third-order valence-corrected chi connectivity index (χ3v) is 3.97. The van der Waals surface area contributed by atoms with Gasteiger partial charge in [-0.25, -0.2) is 4.98 Å². The number of unbranched alkanes of at least 4 members (excludes halogenated alkanes) is 1. The lowest BCUT2D eigenvalue weighted by atomic mass is 10.2. The van der Waals surface area contributed by atoms with Crippen LogP contribution in [0.4, 0.5) is 5.82 Å². The summed E-state index contributed by atoms with van der Waals surface area (Å²) in [4.78, 5) is 8.51. The van der Waals surface area contributed by atoms with E-state index in [0.717, 1.165) is 43.5 Å². The van der Waals surface area contributed by atoms with E-state index in [-0.39, 0.29) is 30.1 Å². The van der Waals surface area contributed by atoms with Crippen molar-refractivity contribution in [3.05, 3.63) is 54.2 Å².